The molecule has 49 heavy (non-hydrogen) atoms. The van der Waals surface area contributed by atoms with E-state index < -0.39 is 17.8 Å². The van der Waals surface area contributed by atoms with Crippen LogP contribution in [0.3, 0.4) is 0 Å². The summed E-state index contributed by atoms with van der Waals surface area (Å²) in [5.41, 5.74) is 6.56. The highest BCUT2D eigenvalue weighted by Crippen LogP contribution is 2.48. The number of nitrogens with one attached hydrogen (secondary N) is 2. The van der Waals surface area contributed by atoms with E-state index in [-0.39, 0.29) is 29.9 Å². The van der Waals surface area contributed by atoms with Gasteiger partial charge < -0.3 is 20.1 Å². The molecule has 1 aliphatic carbocycles. The lowest BCUT2D eigenvalue weighted by atomic mass is 9.82. The lowest BCUT2D eigenvalue weighted by molar-refractivity contribution is -0.123. The largest absolute Gasteiger partial charge is 0.355 e. The maximum Gasteiger partial charge on any atom is 0.251 e. The number of alkyl halides is 2. The van der Waals surface area contributed by atoms with Crippen LogP contribution in [0, 0.1) is 12.8 Å². The van der Waals surface area contributed by atoms with Crippen LogP contribution >= 0.6 is 0 Å². The van der Waals surface area contributed by atoms with E-state index in [9.17, 15) is 18.4 Å². The molecule has 4 heterocycles. The Morgan fingerprint density at radius 2 is 1.84 bits per heavy atom. The number of halogens is 2. The number of piperidine rings is 1. The van der Waals surface area contributed by atoms with Gasteiger partial charge in [0.25, 0.3) is 5.91 Å². The number of aromatic nitrogens is 3. The monoisotopic (exact) mass is 669 g/mol. The van der Waals surface area contributed by atoms with Crippen molar-refractivity contribution in [1.29, 1.82) is 0 Å². The Balaban J connectivity index is 1.23. The molecule has 2 aromatic carbocycles. The van der Waals surface area contributed by atoms with Crippen molar-refractivity contribution in [2.45, 2.75) is 90.3 Å². The summed E-state index contributed by atoms with van der Waals surface area (Å²) in [6.45, 7) is 11.3. The van der Waals surface area contributed by atoms with Gasteiger partial charge in [-0.3, -0.25) is 14.5 Å². The van der Waals surface area contributed by atoms with Crippen molar-refractivity contribution < 1.29 is 18.4 Å². The molecule has 2 fully saturated rings. The molecule has 1 atom stereocenters. The van der Waals surface area contributed by atoms with Crippen LogP contribution in [0.15, 0.2) is 48.8 Å². The molecule has 9 nitrogen and oxygen atoms in total. The number of likely N-dealkylation sites (tertiary alicyclic amines) is 1. The highest BCUT2D eigenvalue weighted by atomic mass is 19.3. The first-order valence-corrected chi connectivity index (χ1v) is 17.4. The molecule has 1 unspecified atom stereocenters. The number of imidazole rings is 1. The topological polar surface area (TPSA) is 95.4 Å². The Hall–Kier alpha value is -4.38. The smallest absolute Gasteiger partial charge is 0.251 e. The first-order valence-electron chi connectivity index (χ1n) is 17.4. The van der Waals surface area contributed by atoms with Crippen LogP contribution in [0.2, 0.25) is 0 Å². The normalized spacial score (nSPS) is 22.1. The Labute approximate surface area is 286 Å². The average molecular weight is 670 g/mol. The van der Waals surface area contributed by atoms with E-state index in [1.807, 2.05) is 68.4 Å². The number of amides is 2. The van der Waals surface area contributed by atoms with Crippen molar-refractivity contribution >= 4 is 40.0 Å². The predicted octanol–water partition coefficient (Wildman–Crippen LogP) is 7.22. The van der Waals surface area contributed by atoms with Gasteiger partial charge in [-0.1, -0.05) is 18.2 Å². The van der Waals surface area contributed by atoms with Gasteiger partial charge in [0.1, 0.15) is 5.52 Å². The third-order valence-corrected chi connectivity index (χ3v) is 10.9. The molecule has 258 valence electrons. The summed E-state index contributed by atoms with van der Waals surface area (Å²) in [5.74, 6) is -0.0421. The van der Waals surface area contributed by atoms with E-state index in [1.165, 1.54) is 0 Å². The maximum absolute atomic E-state index is 14.0. The predicted molar refractivity (Wildman–Crippen MR) is 189 cm³/mol. The number of benzene rings is 2. The molecule has 2 N–H and O–H groups in total. The fourth-order valence-corrected chi connectivity index (χ4v) is 7.86. The zero-order chi connectivity index (χ0) is 34.8. The van der Waals surface area contributed by atoms with Gasteiger partial charge in [0.15, 0.2) is 5.82 Å². The molecule has 4 aromatic rings. The minimum atomic E-state index is -2.29. The van der Waals surface area contributed by atoms with E-state index in [0.717, 1.165) is 64.9 Å². The van der Waals surface area contributed by atoms with Crippen LogP contribution in [0.4, 0.5) is 26.0 Å². The van der Waals surface area contributed by atoms with Crippen molar-refractivity contribution in [3.05, 3.63) is 65.5 Å². The number of carbonyl (C=O) groups excluding carboxylic acids is 2. The van der Waals surface area contributed by atoms with Crippen molar-refractivity contribution in [1.82, 2.24) is 24.8 Å². The molecule has 0 bridgehead atoms. The Morgan fingerprint density at radius 3 is 2.55 bits per heavy atom. The summed E-state index contributed by atoms with van der Waals surface area (Å²) in [5, 5.41) is 6.19. The molecule has 7 rings (SSSR count). The van der Waals surface area contributed by atoms with Gasteiger partial charge in [-0.05, 0) is 102 Å². The standard InChI is InChI=1S/C38H45F2N7O2/c1-21(2)46-20-42-31-18-30(44-35(33(31)46)43-25-11-9-22(3)28(15-25)36(48)41-6)23-10-12-29-32(14-23)47(37(49)38(29,4)5)27-16-26(17-27)45-13-7-8-24(19-45)34(39)40/h9-12,14-15,18,20-21,24,26-27,34H,7-8,13,16-17,19H2,1-6H3,(H,41,48)(H,43,44). The maximum atomic E-state index is 14.0. The fraction of sp³-hybridized carbons (Fsp3) is 0.474. The zero-order valence-corrected chi connectivity index (χ0v) is 29.1. The molecule has 0 radical (unpaired) electrons. The van der Waals surface area contributed by atoms with E-state index in [1.54, 1.807) is 7.05 Å². The Kier molecular flexibility index (Phi) is 8.45. The van der Waals surface area contributed by atoms with Crippen molar-refractivity contribution in [3.63, 3.8) is 0 Å². The third kappa shape index (κ3) is 5.75. The summed E-state index contributed by atoms with van der Waals surface area (Å²) < 4.78 is 29.1. The second kappa shape index (κ2) is 12.5. The van der Waals surface area contributed by atoms with Crippen LogP contribution < -0.4 is 15.5 Å². The third-order valence-electron chi connectivity index (χ3n) is 10.9. The number of nitrogens with zero attached hydrogens (tertiary/aromatic N) is 5. The van der Waals surface area contributed by atoms with E-state index in [2.05, 4.69) is 40.0 Å². The number of hydrogen-bond donors (Lipinski definition) is 2. The van der Waals surface area contributed by atoms with E-state index in [4.69, 9.17) is 9.97 Å². The molecule has 11 heteroatoms. The number of pyridine rings is 1. The van der Waals surface area contributed by atoms with E-state index in [0.29, 0.717) is 30.0 Å². The molecule has 3 aliphatic rings. The van der Waals surface area contributed by atoms with Crippen LogP contribution in [0.5, 0.6) is 0 Å². The van der Waals surface area contributed by atoms with Gasteiger partial charge in [0.2, 0.25) is 12.3 Å². The minimum absolute atomic E-state index is 0.0191. The van der Waals surface area contributed by atoms with Crippen LogP contribution in [0.1, 0.15) is 80.9 Å². The van der Waals surface area contributed by atoms with Crippen molar-refractivity contribution in [2.75, 3.05) is 30.4 Å². The van der Waals surface area contributed by atoms with Gasteiger partial charge >= 0.3 is 0 Å². The number of fused-ring (bicyclic) bond motifs is 2. The summed E-state index contributed by atoms with van der Waals surface area (Å²) in [6.07, 6.45) is 2.46. The van der Waals surface area contributed by atoms with Gasteiger partial charge in [0.05, 0.1) is 23.0 Å². The van der Waals surface area contributed by atoms with Gasteiger partial charge in [0, 0.05) is 60.1 Å². The molecule has 1 saturated heterocycles. The molecule has 2 aliphatic heterocycles. The first kappa shape index (κ1) is 33.1. The number of carbonyl (C=O) groups is 2. The molecule has 2 amide bonds. The summed E-state index contributed by atoms with van der Waals surface area (Å²) in [4.78, 5) is 40.6. The van der Waals surface area contributed by atoms with Crippen molar-refractivity contribution in [3.8, 4) is 11.3 Å². The number of rotatable bonds is 8. The molecular formula is C38H45F2N7O2. The zero-order valence-electron chi connectivity index (χ0n) is 29.1. The lowest BCUT2D eigenvalue weighted by Gasteiger charge is -2.49. The molecule has 0 spiro atoms. The first-order chi connectivity index (χ1) is 23.4. The Bertz CT molecular complexity index is 1930. The van der Waals surface area contributed by atoms with Gasteiger partial charge in [-0.25, -0.2) is 18.7 Å². The minimum Gasteiger partial charge on any atom is -0.355 e. The summed E-state index contributed by atoms with van der Waals surface area (Å²) in [7, 11) is 1.62. The average Bonchev–Trinajstić information content (AvgIpc) is 3.58. The number of aryl methyl sites for hydroxylation is 1. The number of anilines is 3. The summed E-state index contributed by atoms with van der Waals surface area (Å²) >= 11 is 0. The lowest BCUT2D eigenvalue weighted by Crippen LogP contribution is -2.58. The number of hydrogen-bond acceptors (Lipinski definition) is 6. The van der Waals surface area contributed by atoms with Crippen LogP contribution in [0.25, 0.3) is 22.3 Å². The quantitative estimate of drug-likeness (QED) is 0.206. The van der Waals surface area contributed by atoms with Crippen molar-refractivity contribution in [2.24, 2.45) is 5.92 Å². The second-order valence-electron chi connectivity index (χ2n) is 14.7. The highest BCUT2D eigenvalue weighted by molar-refractivity contribution is 6.09. The Morgan fingerprint density at radius 1 is 1.06 bits per heavy atom. The summed E-state index contributed by atoms with van der Waals surface area (Å²) in [6, 6.07) is 14.1. The fourth-order valence-electron chi connectivity index (χ4n) is 7.86. The van der Waals surface area contributed by atoms with Crippen LogP contribution in [-0.2, 0) is 10.2 Å². The van der Waals surface area contributed by atoms with Gasteiger partial charge in [-0.2, -0.15) is 0 Å². The van der Waals surface area contributed by atoms with Crippen LogP contribution in [-0.4, -0.2) is 69.9 Å². The highest BCUT2D eigenvalue weighted by Gasteiger charge is 2.50. The van der Waals surface area contributed by atoms with E-state index >= 15 is 0 Å². The van der Waals surface area contributed by atoms with Gasteiger partial charge in [-0.15, -0.1) is 0 Å². The SMILES string of the molecule is CNC(=O)c1cc(Nc2nc(-c3ccc4c(c3)N(C3CC(N5CCCC(C(F)F)C5)C3)C(=O)C4(C)C)cc3ncn(C(C)C)c23)ccc1C. The second-order valence-corrected chi connectivity index (χ2v) is 14.7. The molecular weight excluding hydrogens is 624 g/mol. The molecule has 2 aromatic heterocycles. The molecule has 1 saturated carbocycles.